The zero-order chi connectivity index (χ0) is 20.2. The minimum atomic E-state index is -0.656. The number of esters is 1. The van der Waals surface area contributed by atoms with Gasteiger partial charge in [0, 0.05) is 50.0 Å². The van der Waals surface area contributed by atoms with Crippen molar-refractivity contribution in [2.75, 3.05) is 14.2 Å². The van der Waals surface area contributed by atoms with E-state index in [0.717, 1.165) is 35.1 Å². The third-order valence-corrected chi connectivity index (χ3v) is 6.46. The van der Waals surface area contributed by atoms with Crippen LogP contribution in [0, 0.1) is 17.0 Å². The predicted octanol–water partition coefficient (Wildman–Crippen LogP) is 1.06. The van der Waals surface area contributed by atoms with Gasteiger partial charge in [-0.05, 0) is 18.9 Å². The fraction of sp³-hybridized carbons (Fsp3) is 0.455. The van der Waals surface area contributed by atoms with E-state index in [4.69, 9.17) is 14.2 Å². The summed E-state index contributed by atoms with van der Waals surface area (Å²) in [6, 6.07) is 3.72. The van der Waals surface area contributed by atoms with E-state index in [1.54, 1.807) is 32.4 Å². The molecule has 0 saturated carbocycles. The Hall–Kier alpha value is -2.66. The quantitative estimate of drug-likeness (QED) is 0.251. The van der Waals surface area contributed by atoms with Gasteiger partial charge in [-0.2, -0.15) is 4.73 Å². The van der Waals surface area contributed by atoms with Gasteiger partial charge in [0.2, 0.25) is 0 Å². The molecule has 0 aromatic carbocycles. The highest BCUT2D eigenvalue weighted by molar-refractivity contribution is 5.90. The molecule has 4 heterocycles. The first kappa shape index (κ1) is 18.4. The van der Waals surface area contributed by atoms with Gasteiger partial charge in [0.1, 0.15) is 0 Å². The molecule has 0 amide bonds. The van der Waals surface area contributed by atoms with Gasteiger partial charge in [-0.1, -0.05) is 17.9 Å². The molecule has 2 saturated heterocycles. The number of carbonyl (C=O) groups excluding carboxylic acids is 1. The summed E-state index contributed by atoms with van der Waals surface area (Å²) in [5, 5.41) is 11.5. The second kappa shape index (κ2) is 6.70. The average molecular weight is 394 g/mol. The number of ether oxygens (including phenoxy) is 3. The molecular weight excluding hydrogens is 372 g/mol. The van der Waals surface area contributed by atoms with Crippen LogP contribution in [0.15, 0.2) is 47.8 Å². The van der Waals surface area contributed by atoms with Crippen LogP contribution in [0.4, 0.5) is 0 Å². The number of rotatable bonds is 3. The molecule has 7 nitrogen and oxygen atoms in total. The zero-order valence-corrected chi connectivity index (χ0v) is 16.3. The van der Waals surface area contributed by atoms with Crippen LogP contribution in [-0.4, -0.2) is 55.1 Å². The van der Waals surface area contributed by atoms with E-state index in [-0.39, 0.29) is 30.4 Å². The van der Waals surface area contributed by atoms with Gasteiger partial charge < -0.3 is 19.4 Å². The van der Waals surface area contributed by atoms with E-state index >= 15 is 0 Å². The largest absolute Gasteiger partial charge is 0.619 e. The molecule has 150 valence electrons. The molecule has 7 heteroatoms. The van der Waals surface area contributed by atoms with Crippen molar-refractivity contribution in [1.82, 2.24) is 4.90 Å². The van der Waals surface area contributed by atoms with Crippen molar-refractivity contribution in [3.05, 3.63) is 58.6 Å². The molecule has 2 bridgehead atoms. The van der Waals surface area contributed by atoms with E-state index in [1.165, 1.54) is 12.4 Å². The topological polar surface area (TPSA) is 74.9 Å². The van der Waals surface area contributed by atoms with Crippen LogP contribution in [0.2, 0.25) is 0 Å². The molecule has 4 unspecified atom stereocenters. The summed E-state index contributed by atoms with van der Waals surface area (Å²) in [5.74, 6) is 5.92. The van der Waals surface area contributed by atoms with Crippen molar-refractivity contribution in [3.63, 3.8) is 0 Å². The highest BCUT2D eigenvalue weighted by Crippen LogP contribution is 2.56. The maximum absolute atomic E-state index is 12.3. The summed E-state index contributed by atoms with van der Waals surface area (Å²) in [7, 11) is 3.30. The van der Waals surface area contributed by atoms with Crippen molar-refractivity contribution >= 4 is 5.97 Å². The molecule has 3 aliphatic heterocycles. The first-order valence-electron chi connectivity index (χ1n) is 9.77. The predicted molar refractivity (Wildman–Crippen MR) is 102 cm³/mol. The number of aromatic nitrogens is 1. The Morgan fingerprint density at radius 2 is 2.17 bits per heavy atom. The zero-order valence-electron chi connectivity index (χ0n) is 16.3. The lowest BCUT2D eigenvalue weighted by Crippen LogP contribution is -2.48. The fourth-order valence-electron chi connectivity index (χ4n) is 5.46. The molecule has 1 aromatic heterocycles. The third-order valence-electron chi connectivity index (χ3n) is 6.46. The van der Waals surface area contributed by atoms with E-state index in [1.807, 2.05) is 0 Å². The van der Waals surface area contributed by atoms with Gasteiger partial charge in [0.05, 0.1) is 17.6 Å². The van der Waals surface area contributed by atoms with Crippen molar-refractivity contribution in [1.29, 1.82) is 0 Å². The Morgan fingerprint density at radius 3 is 2.93 bits per heavy atom. The number of methoxy groups -OCH3 is 2. The number of fused-ring (bicyclic) bond motifs is 3. The van der Waals surface area contributed by atoms with E-state index in [2.05, 4.69) is 22.8 Å². The highest BCUT2D eigenvalue weighted by atomic mass is 16.7. The Labute approximate surface area is 169 Å². The van der Waals surface area contributed by atoms with Gasteiger partial charge in [-0.3, -0.25) is 4.90 Å². The highest BCUT2D eigenvalue weighted by Gasteiger charge is 2.65. The monoisotopic (exact) mass is 394 g/mol. The summed E-state index contributed by atoms with van der Waals surface area (Å²) in [6.07, 6.45) is 8.76. The Morgan fingerprint density at radius 1 is 1.34 bits per heavy atom. The second-order valence-corrected chi connectivity index (χ2v) is 7.87. The second-order valence-electron chi connectivity index (χ2n) is 7.87. The summed E-state index contributed by atoms with van der Waals surface area (Å²) in [6.45, 7) is 0. The lowest BCUT2D eigenvalue weighted by molar-refractivity contribution is -0.605. The summed E-state index contributed by atoms with van der Waals surface area (Å²) < 4.78 is 17.8. The van der Waals surface area contributed by atoms with E-state index in [9.17, 15) is 10.0 Å². The van der Waals surface area contributed by atoms with E-state index in [0.29, 0.717) is 5.56 Å². The van der Waals surface area contributed by atoms with Crippen LogP contribution in [0.25, 0.3) is 0 Å². The normalized spacial score (nSPS) is 32.2. The van der Waals surface area contributed by atoms with Gasteiger partial charge in [0.25, 0.3) is 0 Å². The molecule has 1 aliphatic carbocycles. The number of pyridine rings is 1. The van der Waals surface area contributed by atoms with Gasteiger partial charge >= 0.3 is 5.97 Å². The molecular formula is C22H22N2O5. The number of hydrogen-bond donors (Lipinski definition) is 0. The third kappa shape index (κ3) is 2.71. The number of carbonyl (C=O) groups is 1. The fourth-order valence-corrected chi connectivity index (χ4v) is 5.46. The van der Waals surface area contributed by atoms with Crippen molar-refractivity contribution in [2.45, 2.75) is 49.3 Å². The molecule has 4 aliphatic rings. The smallest absolute Gasteiger partial charge is 0.332 e. The van der Waals surface area contributed by atoms with Crippen LogP contribution >= 0.6 is 0 Å². The van der Waals surface area contributed by atoms with Crippen molar-refractivity contribution in [2.24, 2.45) is 0 Å². The van der Waals surface area contributed by atoms with Crippen LogP contribution in [-0.2, 0) is 19.0 Å². The van der Waals surface area contributed by atoms with Crippen LogP contribution < -0.4 is 4.73 Å². The summed E-state index contributed by atoms with van der Waals surface area (Å²) in [5.41, 5.74) is 1.62. The molecule has 29 heavy (non-hydrogen) atoms. The first-order chi connectivity index (χ1) is 14.1. The van der Waals surface area contributed by atoms with Gasteiger partial charge in [0.15, 0.2) is 24.3 Å². The van der Waals surface area contributed by atoms with Crippen molar-refractivity contribution < 1.29 is 23.7 Å². The molecule has 0 N–H and O–H groups in total. The van der Waals surface area contributed by atoms with Crippen molar-refractivity contribution in [3.8, 4) is 11.8 Å². The molecule has 1 spiro atoms. The Bertz CT molecular complexity index is 986. The minimum absolute atomic E-state index is 0.0825. The SMILES string of the molecule is COC(OC)C1CCC2N1C1C=C(C#Cc3ccc[n+]([O-])c3)C3=CC(=O)OC32C1. The first-order valence-corrected chi connectivity index (χ1v) is 9.77. The molecule has 5 rings (SSSR count). The van der Waals surface area contributed by atoms with Crippen LogP contribution in [0.3, 0.4) is 0 Å². The lowest BCUT2D eigenvalue weighted by Gasteiger charge is -2.33. The number of hydrogen-bond acceptors (Lipinski definition) is 6. The maximum atomic E-state index is 12.3. The Kier molecular flexibility index (Phi) is 4.24. The van der Waals surface area contributed by atoms with Crippen LogP contribution in [0.5, 0.6) is 0 Å². The molecule has 4 atom stereocenters. The van der Waals surface area contributed by atoms with E-state index < -0.39 is 5.60 Å². The lowest BCUT2D eigenvalue weighted by atomic mass is 9.77. The van der Waals surface area contributed by atoms with Gasteiger partial charge in [-0.15, -0.1) is 0 Å². The van der Waals surface area contributed by atoms with Crippen LogP contribution in [0.1, 0.15) is 24.8 Å². The average Bonchev–Trinajstić information content (AvgIpc) is 3.35. The maximum Gasteiger partial charge on any atom is 0.332 e. The summed E-state index contributed by atoms with van der Waals surface area (Å²) in [4.78, 5) is 14.7. The molecule has 2 fully saturated rings. The molecule has 1 aromatic rings. The standard InChI is InChI=1S/C22H22N2O5/c1-27-21(28-2)18-7-8-19-22-12-16(24(18)19)10-15(17(22)11-20(25)29-22)6-5-14-4-3-9-23(26)13-14/h3-4,9-11,13,16,18-19,21H,7-8,12H2,1-2H3. The number of nitrogens with zero attached hydrogens (tertiary/aromatic N) is 2. The Balaban J connectivity index is 1.55. The summed E-state index contributed by atoms with van der Waals surface area (Å²) >= 11 is 0. The molecule has 0 radical (unpaired) electrons. The van der Waals surface area contributed by atoms with Gasteiger partial charge in [-0.25, -0.2) is 4.79 Å². The minimum Gasteiger partial charge on any atom is -0.619 e.